The van der Waals surface area contributed by atoms with Crippen LogP contribution in [0, 0.1) is 0 Å². The molecule has 3 nitrogen and oxygen atoms in total. The molecule has 0 fully saturated rings. The average molecular weight is 192 g/mol. The highest BCUT2D eigenvalue weighted by Crippen LogP contribution is 2.07. The van der Waals surface area contributed by atoms with Crippen LogP contribution in [0.4, 0.5) is 0 Å². The maximum atomic E-state index is 10.8. The van der Waals surface area contributed by atoms with Crippen LogP contribution in [0.5, 0.6) is 0 Å². The van der Waals surface area contributed by atoms with Crippen molar-refractivity contribution >= 4 is 5.91 Å². The van der Waals surface area contributed by atoms with Gasteiger partial charge in [0.15, 0.2) is 0 Å². The highest BCUT2D eigenvalue weighted by Gasteiger charge is 1.99. The molecule has 3 heteroatoms. The topological polar surface area (TPSA) is 69.1 Å². The number of amides is 1. The second kappa shape index (κ2) is 5.40. The molecule has 0 aliphatic rings. The summed E-state index contributed by atoms with van der Waals surface area (Å²) >= 11 is 0. The van der Waals surface area contributed by atoms with E-state index in [1.165, 1.54) is 5.56 Å². The fourth-order valence-electron chi connectivity index (χ4n) is 1.31. The minimum absolute atomic E-state index is 0.376. The summed E-state index contributed by atoms with van der Waals surface area (Å²) in [5, 5.41) is 0. The molecule has 0 aromatic heterocycles. The van der Waals surface area contributed by atoms with E-state index >= 15 is 0 Å². The van der Waals surface area contributed by atoms with Gasteiger partial charge in [0.2, 0.25) is 5.91 Å². The summed E-state index contributed by atoms with van der Waals surface area (Å²) in [4.78, 5) is 10.8. The Labute approximate surface area is 84.1 Å². The van der Waals surface area contributed by atoms with Gasteiger partial charge in [-0.05, 0) is 43.5 Å². The lowest BCUT2D eigenvalue weighted by atomic mass is 10.1. The van der Waals surface area contributed by atoms with E-state index in [4.69, 9.17) is 11.5 Å². The molecule has 0 unspecified atom stereocenters. The predicted octanol–water partition coefficient (Wildman–Crippen LogP) is 1.07. The lowest BCUT2D eigenvalue weighted by molar-refractivity contribution is 0.100. The number of aryl methyl sites for hydroxylation is 1. The second-order valence-electron chi connectivity index (χ2n) is 3.31. The lowest BCUT2D eigenvalue weighted by Gasteiger charge is -2.01. The smallest absolute Gasteiger partial charge is 0.248 e. The number of carbonyl (C=O) groups is 1. The minimum Gasteiger partial charge on any atom is -0.366 e. The van der Waals surface area contributed by atoms with E-state index in [0.717, 1.165) is 25.8 Å². The molecule has 0 saturated carbocycles. The van der Waals surface area contributed by atoms with Crippen molar-refractivity contribution in [3.05, 3.63) is 35.4 Å². The molecule has 1 aromatic rings. The summed E-state index contributed by atoms with van der Waals surface area (Å²) in [7, 11) is 0. The molecule has 76 valence electrons. The van der Waals surface area contributed by atoms with E-state index in [2.05, 4.69) is 0 Å². The van der Waals surface area contributed by atoms with Gasteiger partial charge in [0.25, 0.3) is 0 Å². The van der Waals surface area contributed by atoms with Crippen molar-refractivity contribution in [2.24, 2.45) is 11.5 Å². The van der Waals surface area contributed by atoms with Crippen molar-refractivity contribution in [1.82, 2.24) is 0 Å². The predicted molar refractivity (Wildman–Crippen MR) is 57.0 cm³/mol. The van der Waals surface area contributed by atoms with E-state index in [1.54, 1.807) is 12.1 Å². The van der Waals surface area contributed by atoms with Crippen molar-refractivity contribution < 1.29 is 4.79 Å². The first-order valence-corrected chi connectivity index (χ1v) is 4.83. The van der Waals surface area contributed by atoms with Gasteiger partial charge >= 0.3 is 0 Å². The number of hydrogen-bond donors (Lipinski definition) is 2. The number of benzene rings is 1. The molecule has 1 aromatic carbocycles. The Bertz CT molecular complexity index is 293. The summed E-state index contributed by atoms with van der Waals surface area (Å²) < 4.78 is 0. The van der Waals surface area contributed by atoms with Crippen molar-refractivity contribution in [3.63, 3.8) is 0 Å². The summed E-state index contributed by atoms with van der Waals surface area (Å²) in [6.45, 7) is 0.735. The molecule has 1 rings (SSSR count). The zero-order valence-electron chi connectivity index (χ0n) is 8.20. The van der Waals surface area contributed by atoms with Gasteiger partial charge in [0, 0.05) is 5.56 Å². The number of hydrogen-bond acceptors (Lipinski definition) is 2. The van der Waals surface area contributed by atoms with Crippen LogP contribution in [0.3, 0.4) is 0 Å². The van der Waals surface area contributed by atoms with Crippen LogP contribution in [0.15, 0.2) is 24.3 Å². The average Bonchev–Trinajstić information content (AvgIpc) is 2.19. The zero-order chi connectivity index (χ0) is 10.4. The SMILES string of the molecule is NCCCCc1ccc(C(N)=O)cc1. The fraction of sp³-hybridized carbons (Fsp3) is 0.364. The van der Waals surface area contributed by atoms with Crippen LogP contribution >= 0.6 is 0 Å². The van der Waals surface area contributed by atoms with Gasteiger partial charge in [-0.1, -0.05) is 12.1 Å². The number of nitrogens with two attached hydrogens (primary N) is 2. The molecule has 0 aliphatic carbocycles. The molecule has 14 heavy (non-hydrogen) atoms. The van der Waals surface area contributed by atoms with Crippen molar-refractivity contribution in [2.45, 2.75) is 19.3 Å². The van der Waals surface area contributed by atoms with E-state index in [-0.39, 0.29) is 5.91 Å². The van der Waals surface area contributed by atoms with Crippen molar-refractivity contribution in [1.29, 1.82) is 0 Å². The minimum atomic E-state index is -0.376. The van der Waals surface area contributed by atoms with Gasteiger partial charge in [0.1, 0.15) is 0 Å². The van der Waals surface area contributed by atoms with Crippen molar-refractivity contribution in [2.75, 3.05) is 6.54 Å². The second-order valence-corrected chi connectivity index (χ2v) is 3.31. The Hall–Kier alpha value is -1.35. The molecule has 0 saturated heterocycles. The molecule has 0 atom stereocenters. The largest absolute Gasteiger partial charge is 0.366 e. The third-order valence-corrected chi connectivity index (χ3v) is 2.16. The summed E-state index contributed by atoms with van der Waals surface area (Å²) in [6.07, 6.45) is 3.14. The standard InChI is InChI=1S/C11H16N2O/c12-8-2-1-3-9-4-6-10(7-5-9)11(13)14/h4-7H,1-3,8,12H2,(H2,13,14). The summed E-state index contributed by atoms with van der Waals surface area (Å²) in [6, 6.07) is 7.41. The Balaban J connectivity index is 2.51. The van der Waals surface area contributed by atoms with Gasteiger partial charge in [-0.2, -0.15) is 0 Å². The van der Waals surface area contributed by atoms with Crippen LogP contribution in [0.1, 0.15) is 28.8 Å². The maximum absolute atomic E-state index is 10.8. The van der Waals surface area contributed by atoms with Gasteiger partial charge in [-0.15, -0.1) is 0 Å². The molecular weight excluding hydrogens is 176 g/mol. The number of primary amides is 1. The van der Waals surface area contributed by atoms with Gasteiger partial charge < -0.3 is 11.5 Å². The first-order chi connectivity index (χ1) is 6.74. The first-order valence-electron chi connectivity index (χ1n) is 4.83. The van der Waals surface area contributed by atoms with Gasteiger partial charge in [-0.3, -0.25) is 4.79 Å². The van der Waals surface area contributed by atoms with E-state index < -0.39 is 0 Å². The Morgan fingerprint density at radius 3 is 2.29 bits per heavy atom. The molecule has 0 spiro atoms. The van der Waals surface area contributed by atoms with Crippen LogP contribution in [-0.2, 0) is 6.42 Å². The van der Waals surface area contributed by atoms with E-state index in [9.17, 15) is 4.79 Å². The van der Waals surface area contributed by atoms with Crippen LogP contribution < -0.4 is 11.5 Å². The Morgan fingerprint density at radius 1 is 1.14 bits per heavy atom. The van der Waals surface area contributed by atoms with Crippen LogP contribution in [0.25, 0.3) is 0 Å². The molecule has 4 N–H and O–H groups in total. The third kappa shape index (κ3) is 3.18. The lowest BCUT2D eigenvalue weighted by Crippen LogP contribution is -2.10. The number of unbranched alkanes of at least 4 members (excludes halogenated alkanes) is 1. The quantitative estimate of drug-likeness (QED) is 0.685. The summed E-state index contributed by atoms with van der Waals surface area (Å²) in [5.41, 5.74) is 12.3. The normalized spacial score (nSPS) is 10.1. The summed E-state index contributed by atoms with van der Waals surface area (Å²) in [5.74, 6) is -0.376. The van der Waals surface area contributed by atoms with Gasteiger partial charge in [-0.25, -0.2) is 0 Å². The number of rotatable bonds is 5. The monoisotopic (exact) mass is 192 g/mol. The molecule has 0 aliphatic heterocycles. The van der Waals surface area contributed by atoms with E-state index in [1.807, 2.05) is 12.1 Å². The molecule has 0 heterocycles. The highest BCUT2D eigenvalue weighted by molar-refractivity contribution is 5.92. The fourth-order valence-corrected chi connectivity index (χ4v) is 1.31. The third-order valence-electron chi connectivity index (χ3n) is 2.16. The Morgan fingerprint density at radius 2 is 1.79 bits per heavy atom. The Kier molecular flexibility index (Phi) is 4.13. The molecule has 0 radical (unpaired) electrons. The first kappa shape index (κ1) is 10.7. The van der Waals surface area contributed by atoms with Crippen LogP contribution in [0.2, 0.25) is 0 Å². The molecule has 0 bridgehead atoms. The van der Waals surface area contributed by atoms with E-state index in [0.29, 0.717) is 5.56 Å². The van der Waals surface area contributed by atoms with Crippen LogP contribution in [-0.4, -0.2) is 12.5 Å². The molecular formula is C11H16N2O. The van der Waals surface area contributed by atoms with Gasteiger partial charge in [0.05, 0.1) is 0 Å². The number of carbonyl (C=O) groups excluding carboxylic acids is 1. The maximum Gasteiger partial charge on any atom is 0.248 e. The molecule has 1 amide bonds. The zero-order valence-corrected chi connectivity index (χ0v) is 8.20. The van der Waals surface area contributed by atoms with Crippen molar-refractivity contribution in [3.8, 4) is 0 Å². The highest BCUT2D eigenvalue weighted by atomic mass is 16.1.